The Labute approximate surface area is 84.8 Å². The van der Waals surface area contributed by atoms with E-state index in [9.17, 15) is 0 Å². The largest absolute Gasteiger partial charge is 0.396 e. The van der Waals surface area contributed by atoms with Gasteiger partial charge in [0, 0.05) is 25.0 Å². The molecule has 1 atom stereocenters. The fraction of sp³-hybridized carbons (Fsp3) is 0.700. The van der Waals surface area contributed by atoms with E-state index in [-0.39, 0.29) is 12.5 Å². The Morgan fingerprint density at radius 3 is 3.00 bits per heavy atom. The number of hydrogen-bond donors (Lipinski definition) is 2. The molecular weight excluding hydrogens is 178 g/mol. The predicted octanol–water partition coefficient (Wildman–Crippen LogP) is 0.403. The number of aromatic nitrogens is 2. The smallest absolute Gasteiger partial charge is 0.0948 e. The molecule has 0 saturated carbocycles. The average molecular weight is 197 g/mol. The van der Waals surface area contributed by atoms with E-state index in [4.69, 9.17) is 10.8 Å². The van der Waals surface area contributed by atoms with Gasteiger partial charge in [0.2, 0.25) is 0 Å². The minimum atomic E-state index is 0.147. The third kappa shape index (κ3) is 2.82. The Kier molecular flexibility index (Phi) is 4.62. The molecule has 4 nitrogen and oxygen atoms in total. The van der Waals surface area contributed by atoms with Crippen LogP contribution >= 0.6 is 0 Å². The molecule has 14 heavy (non-hydrogen) atoms. The molecule has 0 aliphatic carbocycles. The lowest BCUT2D eigenvalue weighted by molar-refractivity contribution is 0.228. The van der Waals surface area contributed by atoms with Gasteiger partial charge in [-0.3, -0.25) is 0 Å². The highest BCUT2D eigenvalue weighted by atomic mass is 16.3. The molecule has 1 heterocycles. The fourth-order valence-corrected chi connectivity index (χ4v) is 1.48. The van der Waals surface area contributed by atoms with Gasteiger partial charge >= 0.3 is 0 Å². The maximum Gasteiger partial charge on any atom is 0.0948 e. The molecule has 3 N–H and O–H groups in total. The van der Waals surface area contributed by atoms with Crippen LogP contribution in [0.15, 0.2) is 12.5 Å². The third-order valence-electron chi connectivity index (χ3n) is 2.35. The van der Waals surface area contributed by atoms with Crippen LogP contribution in [0.4, 0.5) is 0 Å². The van der Waals surface area contributed by atoms with Crippen molar-refractivity contribution in [3.63, 3.8) is 0 Å². The maximum absolute atomic E-state index is 9.04. The Morgan fingerprint density at radius 1 is 1.64 bits per heavy atom. The molecule has 0 spiro atoms. The first-order valence-corrected chi connectivity index (χ1v) is 5.11. The number of nitrogens with zero attached hydrogens (tertiary/aromatic N) is 2. The maximum atomic E-state index is 9.04. The summed E-state index contributed by atoms with van der Waals surface area (Å²) in [5, 5.41) is 9.04. The molecule has 0 fully saturated rings. The Hall–Kier alpha value is -0.870. The van der Waals surface area contributed by atoms with Crippen molar-refractivity contribution >= 4 is 0 Å². The van der Waals surface area contributed by atoms with Crippen LogP contribution in [0.1, 0.15) is 19.0 Å². The number of imidazole rings is 1. The highest BCUT2D eigenvalue weighted by Crippen LogP contribution is 2.08. The van der Waals surface area contributed by atoms with E-state index in [1.165, 1.54) is 0 Å². The monoisotopic (exact) mass is 197 g/mol. The highest BCUT2D eigenvalue weighted by molar-refractivity contribution is 5.00. The molecule has 1 unspecified atom stereocenters. The molecule has 0 radical (unpaired) electrons. The SMILES string of the molecule is CCCn1cncc1CC(CN)CO. The lowest BCUT2D eigenvalue weighted by Gasteiger charge is -2.12. The van der Waals surface area contributed by atoms with Crippen LogP contribution in [0.25, 0.3) is 0 Å². The van der Waals surface area contributed by atoms with Crippen LogP contribution in [0.3, 0.4) is 0 Å². The lowest BCUT2D eigenvalue weighted by Crippen LogP contribution is -2.21. The van der Waals surface area contributed by atoms with E-state index in [0.717, 1.165) is 25.1 Å². The van der Waals surface area contributed by atoms with Crippen molar-refractivity contribution < 1.29 is 5.11 Å². The van der Waals surface area contributed by atoms with Crippen LogP contribution in [0.2, 0.25) is 0 Å². The molecule has 80 valence electrons. The van der Waals surface area contributed by atoms with E-state index in [2.05, 4.69) is 16.5 Å². The van der Waals surface area contributed by atoms with Crippen LogP contribution in [0, 0.1) is 5.92 Å². The van der Waals surface area contributed by atoms with Crippen molar-refractivity contribution in [2.45, 2.75) is 26.3 Å². The zero-order valence-electron chi connectivity index (χ0n) is 8.69. The van der Waals surface area contributed by atoms with E-state index in [0.29, 0.717) is 6.54 Å². The van der Waals surface area contributed by atoms with Gasteiger partial charge in [-0.1, -0.05) is 6.92 Å². The number of hydrogen-bond acceptors (Lipinski definition) is 3. The van der Waals surface area contributed by atoms with Crippen molar-refractivity contribution in [3.8, 4) is 0 Å². The first-order chi connectivity index (χ1) is 6.81. The first-order valence-electron chi connectivity index (χ1n) is 5.11. The Morgan fingerprint density at radius 2 is 2.43 bits per heavy atom. The third-order valence-corrected chi connectivity index (χ3v) is 2.35. The van der Waals surface area contributed by atoms with E-state index in [1.807, 2.05) is 12.5 Å². The predicted molar refractivity (Wildman–Crippen MR) is 55.9 cm³/mol. The summed E-state index contributed by atoms with van der Waals surface area (Å²) < 4.78 is 2.12. The van der Waals surface area contributed by atoms with Crippen LogP contribution in [-0.4, -0.2) is 27.8 Å². The summed E-state index contributed by atoms with van der Waals surface area (Å²) in [4.78, 5) is 4.10. The van der Waals surface area contributed by atoms with E-state index >= 15 is 0 Å². The van der Waals surface area contributed by atoms with Crippen LogP contribution in [-0.2, 0) is 13.0 Å². The molecular formula is C10H19N3O. The van der Waals surface area contributed by atoms with Crippen LogP contribution < -0.4 is 5.73 Å². The van der Waals surface area contributed by atoms with Gasteiger partial charge in [0.15, 0.2) is 0 Å². The highest BCUT2D eigenvalue weighted by Gasteiger charge is 2.09. The van der Waals surface area contributed by atoms with E-state index < -0.39 is 0 Å². The van der Waals surface area contributed by atoms with Gasteiger partial charge < -0.3 is 15.4 Å². The zero-order chi connectivity index (χ0) is 10.4. The summed E-state index contributed by atoms with van der Waals surface area (Å²) in [7, 11) is 0. The van der Waals surface area contributed by atoms with Gasteiger partial charge in [0.1, 0.15) is 0 Å². The molecule has 0 amide bonds. The second-order valence-electron chi connectivity index (χ2n) is 3.57. The average Bonchev–Trinajstić information content (AvgIpc) is 2.62. The summed E-state index contributed by atoms with van der Waals surface area (Å²) in [6.45, 7) is 3.79. The minimum absolute atomic E-state index is 0.147. The standard InChI is InChI=1S/C10H19N3O/c1-2-3-13-8-12-6-10(13)4-9(5-11)7-14/h6,8-9,14H,2-5,7,11H2,1H3. The molecule has 1 aromatic heterocycles. The molecule has 4 heteroatoms. The normalized spacial score (nSPS) is 13.1. The first kappa shape index (κ1) is 11.2. The Balaban J connectivity index is 2.60. The summed E-state index contributed by atoms with van der Waals surface area (Å²) in [6, 6.07) is 0. The summed E-state index contributed by atoms with van der Waals surface area (Å²) >= 11 is 0. The van der Waals surface area contributed by atoms with Gasteiger partial charge in [-0.15, -0.1) is 0 Å². The molecule has 0 saturated heterocycles. The van der Waals surface area contributed by atoms with Gasteiger partial charge in [0.05, 0.1) is 6.33 Å². The molecule has 1 aromatic rings. The molecule has 0 bridgehead atoms. The molecule has 0 aliphatic heterocycles. The number of aliphatic hydroxyl groups is 1. The summed E-state index contributed by atoms with van der Waals surface area (Å²) in [6.07, 6.45) is 5.60. The van der Waals surface area contributed by atoms with Crippen molar-refractivity contribution in [1.82, 2.24) is 9.55 Å². The number of rotatable bonds is 6. The fourth-order valence-electron chi connectivity index (χ4n) is 1.48. The minimum Gasteiger partial charge on any atom is -0.396 e. The Bertz CT molecular complexity index is 256. The van der Waals surface area contributed by atoms with Crippen molar-refractivity contribution in [2.24, 2.45) is 11.7 Å². The van der Waals surface area contributed by atoms with Crippen LogP contribution in [0.5, 0.6) is 0 Å². The topological polar surface area (TPSA) is 64.1 Å². The zero-order valence-corrected chi connectivity index (χ0v) is 8.69. The van der Waals surface area contributed by atoms with E-state index in [1.54, 1.807) is 0 Å². The lowest BCUT2D eigenvalue weighted by atomic mass is 10.1. The number of nitrogens with two attached hydrogens (primary N) is 1. The number of aliphatic hydroxyl groups excluding tert-OH is 1. The quantitative estimate of drug-likeness (QED) is 0.694. The molecule has 0 aromatic carbocycles. The summed E-state index contributed by atoms with van der Waals surface area (Å²) in [5.74, 6) is 0.155. The molecule has 1 rings (SSSR count). The number of aryl methyl sites for hydroxylation is 1. The molecule has 0 aliphatic rings. The van der Waals surface area contributed by atoms with Gasteiger partial charge in [0.25, 0.3) is 0 Å². The second-order valence-corrected chi connectivity index (χ2v) is 3.57. The van der Waals surface area contributed by atoms with Crippen molar-refractivity contribution in [3.05, 3.63) is 18.2 Å². The van der Waals surface area contributed by atoms with Gasteiger partial charge in [-0.25, -0.2) is 4.98 Å². The van der Waals surface area contributed by atoms with Gasteiger partial charge in [-0.2, -0.15) is 0 Å². The van der Waals surface area contributed by atoms with Gasteiger partial charge in [-0.05, 0) is 25.3 Å². The van der Waals surface area contributed by atoms with Crippen molar-refractivity contribution in [2.75, 3.05) is 13.2 Å². The second kappa shape index (κ2) is 5.78. The van der Waals surface area contributed by atoms with Crippen molar-refractivity contribution in [1.29, 1.82) is 0 Å². The summed E-state index contributed by atoms with van der Waals surface area (Å²) in [5.41, 5.74) is 6.70.